The van der Waals surface area contributed by atoms with Gasteiger partial charge in [-0.2, -0.15) is 0 Å². The van der Waals surface area contributed by atoms with Crippen molar-refractivity contribution in [2.75, 3.05) is 57.7 Å². The number of carbonyl (C=O) groups excluding carboxylic acids is 2. The molecule has 2 saturated heterocycles. The summed E-state index contributed by atoms with van der Waals surface area (Å²) in [6.07, 6.45) is 2.07. The van der Waals surface area contributed by atoms with E-state index in [1.54, 1.807) is 23.5 Å². The van der Waals surface area contributed by atoms with Crippen LogP contribution >= 0.6 is 11.3 Å². The maximum Gasteiger partial charge on any atom is 0.238 e. The van der Waals surface area contributed by atoms with E-state index >= 15 is 0 Å². The number of fused-ring (bicyclic) bond motifs is 1. The van der Waals surface area contributed by atoms with Crippen LogP contribution in [0.2, 0.25) is 0 Å². The van der Waals surface area contributed by atoms with E-state index in [9.17, 15) is 14.0 Å². The number of carbonyl (C=O) groups is 2. The number of anilines is 1. The van der Waals surface area contributed by atoms with E-state index in [2.05, 4.69) is 21.2 Å². The number of aromatic nitrogens is 1. The van der Waals surface area contributed by atoms with Crippen molar-refractivity contribution in [2.24, 2.45) is 0 Å². The molecule has 2 aromatic carbocycles. The van der Waals surface area contributed by atoms with Gasteiger partial charge >= 0.3 is 0 Å². The van der Waals surface area contributed by atoms with Gasteiger partial charge in [-0.3, -0.25) is 19.4 Å². The first-order chi connectivity index (χ1) is 17.0. The number of nitrogens with zero attached hydrogens (tertiary/aromatic N) is 4. The van der Waals surface area contributed by atoms with Crippen LogP contribution in [0.3, 0.4) is 0 Å². The minimum Gasteiger partial charge on any atom is -0.341 e. The lowest BCUT2D eigenvalue weighted by Crippen LogP contribution is -2.52. The number of likely N-dealkylation sites (tertiary alicyclic amines) is 1. The second-order valence-corrected chi connectivity index (χ2v) is 10.4. The van der Waals surface area contributed by atoms with Crippen LogP contribution in [0.25, 0.3) is 10.2 Å². The lowest BCUT2D eigenvalue weighted by Gasteiger charge is -2.37. The third kappa shape index (κ3) is 6.04. The summed E-state index contributed by atoms with van der Waals surface area (Å²) in [4.78, 5) is 36.4. The second kappa shape index (κ2) is 10.8. The number of benzene rings is 2. The number of piperidine rings is 1. The minimum absolute atomic E-state index is 0.158. The number of amides is 2. The van der Waals surface area contributed by atoms with Crippen molar-refractivity contribution < 1.29 is 14.0 Å². The number of nitrogens with one attached hydrogen (secondary N) is 1. The van der Waals surface area contributed by atoms with Crippen molar-refractivity contribution in [3.63, 3.8) is 0 Å². The summed E-state index contributed by atoms with van der Waals surface area (Å²) in [6, 6.07) is 14.1. The third-order valence-electron chi connectivity index (χ3n) is 6.73. The Labute approximate surface area is 208 Å². The monoisotopic (exact) mass is 495 g/mol. The van der Waals surface area contributed by atoms with Crippen molar-refractivity contribution in [1.29, 1.82) is 0 Å². The average molecular weight is 496 g/mol. The molecule has 0 aliphatic carbocycles. The van der Waals surface area contributed by atoms with Gasteiger partial charge < -0.3 is 10.2 Å². The van der Waals surface area contributed by atoms with E-state index in [1.165, 1.54) is 16.8 Å². The third-order valence-corrected chi connectivity index (χ3v) is 7.93. The van der Waals surface area contributed by atoms with Crippen molar-refractivity contribution >= 4 is 39.1 Å². The number of hydrogen-bond acceptors (Lipinski definition) is 6. The normalized spacial score (nSPS) is 19.7. The summed E-state index contributed by atoms with van der Waals surface area (Å²) in [5, 5.41) is 3.88. The van der Waals surface area contributed by atoms with Gasteiger partial charge in [0.05, 0.1) is 28.3 Å². The molecule has 5 rings (SSSR count). The summed E-state index contributed by atoms with van der Waals surface area (Å²) in [7, 11) is 0. The maximum absolute atomic E-state index is 13.3. The largest absolute Gasteiger partial charge is 0.341 e. The fraction of sp³-hybridized carbons (Fsp3) is 0.423. The van der Waals surface area contributed by atoms with Crippen LogP contribution in [-0.2, 0) is 9.59 Å². The van der Waals surface area contributed by atoms with E-state index < -0.39 is 0 Å². The van der Waals surface area contributed by atoms with E-state index in [1.807, 2.05) is 23.1 Å². The van der Waals surface area contributed by atoms with Gasteiger partial charge in [0, 0.05) is 50.9 Å². The molecule has 2 aliphatic heterocycles. The summed E-state index contributed by atoms with van der Waals surface area (Å²) in [5.74, 6) is -0.0535. The highest BCUT2D eigenvalue weighted by Crippen LogP contribution is 2.33. The Morgan fingerprint density at radius 3 is 2.54 bits per heavy atom. The van der Waals surface area contributed by atoms with Gasteiger partial charge in [-0.25, -0.2) is 9.37 Å². The molecular weight excluding hydrogens is 465 g/mol. The smallest absolute Gasteiger partial charge is 0.238 e. The Balaban J connectivity index is 1.08. The lowest BCUT2D eigenvalue weighted by molar-refractivity contribution is -0.134. The van der Waals surface area contributed by atoms with E-state index in [-0.39, 0.29) is 24.2 Å². The van der Waals surface area contributed by atoms with Crippen LogP contribution in [0.5, 0.6) is 0 Å². The predicted molar refractivity (Wildman–Crippen MR) is 136 cm³/mol. The SMILES string of the molecule is O=C(CN1CCN(CC(=O)N2CCCC(c3nc4ccccc4s3)C2)CC1)Nc1cccc(F)c1. The number of hydrogen-bond donors (Lipinski definition) is 1. The van der Waals surface area contributed by atoms with Crippen molar-refractivity contribution in [3.8, 4) is 0 Å². The number of para-hydroxylation sites is 1. The highest BCUT2D eigenvalue weighted by molar-refractivity contribution is 7.18. The molecule has 7 nitrogen and oxygen atoms in total. The Hall–Kier alpha value is -2.88. The molecule has 9 heteroatoms. The van der Waals surface area contributed by atoms with Gasteiger partial charge in [0.25, 0.3) is 0 Å². The molecule has 0 radical (unpaired) electrons. The molecule has 0 saturated carbocycles. The molecule has 1 aromatic heterocycles. The molecule has 2 aliphatic rings. The summed E-state index contributed by atoms with van der Waals surface area (Å²) in [6.45, 7) is 5.14. The predicted octanol–water partition coefficient (Wildman–Crippen LogP) is 3.40. The number of thiazole rings is 1. The molecule has 2 amide bonds. The van der Waals surface area contributed by atoms with Gasteiger partial charge in [-0.05, 0) is 43.2 Å². The zero-order valence-electron chi connectivity index (χ0n) is 19.7. The molecule has 35 heavy (non-hydrogen) atoms. The zero-order valence-corrected chi connectivity index (χ0v) is 20.5. The fourth-order valence-corrected chi connectivity index (χ4v) is 5.93. The summed E-state index contributed by atoms with van der Waals surface area (Å²) >= 11 is 1.74. The molecule has 184 valence electrons. The molecule has 3 aromatic rings. The Kier molecular flexibility index (Phi) is 7.36. The van der Waals surface area contributed by atoms with Crippen molar-refractivity contribution in [2.45, 2.75) is 18.8 Å². The van der Waals surface area contributed by atoms with Gasteiger partial charge in [0.1, 0.15) is 5.82 Å². The highest BCUT2D eigenvalue weighted by Gasteiger charge is 2.29. The van der Waals surface area contributed by atoms with E-state index in [0.29, 0.717) is 18.2 Å². The topological polar surface area (TPSA) is 68.8 Å². The standard InChI is InChI=1S/C26H30FN5O2S/c27-20-6-3-7-21(15-20)28-24(33)17-30-11-13-31(14-12-30)18-25(34)32-10-4-5-19(16-32)26-29-22-8-1-2-9-23(22)35-26/h1-3,6-9,15,19H,4-5,10-14,16-18H2,(H,28,33). The molecule has 3 heterocycles. The first-order valence-electron chi connectivity index (χ1n) is 12.2. The van der Waals surface area contributed by atoms with Gasteiger partial charge in [0.15, 0.2) is 0 Å². The molecule has 2 fully saturated rings. The molecule has 1 atom stereocenters. The number of halogens is 1. The van der Waals surface area contributed by atoms with E-state index in [4.69, 9.17) is 4.98 Å². The summed E-state index contributed by atoms with van der Waals surface area (Å²) < 4.78 is 14.5. The minimum atomic E-state index is -0.374. The zero-order chi connectivity index (χ0) is 24.2. The van der Waals surface area contributed by atoms with Crippen molar-refractivity contribution in [3.05, 3.63) is 59.4 Å². The number of rotatable bonds is 6. The number of piperazine rings is 1. The average Bonchev–Trinajstić information content (AvgIpc) is 3.30. The lowest BCUT2D eigenvalue weighted by atomic mass is 9.98. The van der Waals surface area contributed by atoms with Crippen LogP contribution in [0.1, 0.15) is 23.8 Å². The quantitative estimate of drug-likeness (QED) is 0.568. The molecule has 0 spiro atoms. The maximum atomic E-state index is 13.3. The molecule has 1 unspecified atom stereocenters. The Bertz CT molecular complexity index is 1160. The molecule has 0 bridgehead atoms. The Morgan fingerprint density at radius 1 is 1.00 bits per heavy atom. The van der Waals surface area contributed by atoms with Gasteiger partial charge in [-0.1, -0.05) is 18.2 Å². The second-order valence-electron chi connectivity index (χ2n) is 9.31. The summed E-state index contributed by atoms with van der Waals surface area (Å²) in [5.41, 5.74) is 1.50. The van der Waals surface area contributed by atoms with E-state index in [0.717, 1.165) is 62.6 Å². The highest BCUT2D eigenvalue weighted by atomic mass is 32.1. The molecular formula is C26H30FN5O2S. The van der Waals surface area contributed by atoms with Gasteiger partial charge in [-0.15, -0.1) is 11.3 Å². The van der Waals surface area contributed by atoms with Crippen LogP contribution in [0, 0.1) is 5.82 Å². The first kappa shape index (κ1) is 23.8. The fourth-order valence-electron chi connectivity index (χ4n) is 4.84. The molecule has 1 N–H and O–H groups in total. The first-order valence-corrected chi connectivity index (χ1v) is 13.0. The van der Waals surface area contributed by atoms with Crippen LogP contribution in [0.15, 0.2) is 48.5 Å². The van der Waals surface area contributed by atoms with Crippen LogP contribution < -0.4 is 5.32 Å². The van der Waals surface area contributed by atoms with Crippen molar-refractivity contribution in [1.82, 2.24) is 19.7 Å². The van der Waals surface area contributed by atoms with Crippen LogP contribution in [0.4, 0.5) is 10.1 Å². The van der Waals surface area contributed by atoms with Crippen LogP contribution in [-0.4, -0.2) is 83.9 Å². The van der Waals surface area contributed by atoms with Gasteiger partial charge in [0.2, 0.25) is 11.8 Å². The Morgan fingerprint density at radius 2 is 1.77 bits per heavy atom.